The first-order valence-corrected chi connectivity index (χ1v) is 11.0. The van der Waals surface area contributed by atoms with Gasteiger partial charge in [-0.1, -0.05) is 34.5 Å². The van der Waals surface area contributed by atoms with E-state index < -0.39 is 21.9 Å². The fourth-order valence-corrected chi connectivity index (χ4v) is 4.70. The number of ether oxygens (including phenoxy) is 1. The van der Waals surface area contributed by atoms with Crippen molar-refractivity contribution in [3.05, 3.63) is 56.8 Å². The molecule has 0 aliphatic rings. The lowest BCUT2D eigenvalue weighted by atomic mass is 10.2. The van der Waals surface area contributed by atoms with Gasteiger partial charge in [0.15, 0.2) is 4.80 Å². The lowest BCUT2D eigenvalue weighted by Gasteiger charge is -2.04. The maximum Gasteiger partial charge on any atom is 0.325 e. The van der Waals surface area contributed by atoms with Gasteiger partial charge in [-0.2, -0.15) is 4.99 Å². The number of nitrogens with zero attached hydrogens (tertiary/aromatic N) is 2. The number of benzene rings is 2. The van der Waals surface area contributed by atoms with Crippen molar-refractivity contribution in [2.75, 3.05) is 7.11 Å². The SMILES string of the molecule is COC(=O)Cn1c(=NC(=O)c2cc(Cl)cc(Cl)c2)sc2cc(S(N)(=O)=O)ccc21. The van der Waals surface area contributed by atoms with Crippen LogP contribution >= 0.6 is 34.5 Å². The standard InChI is InChI=1S/C17H13Cl2N3O5S2/c1-27-15(23)8-22-13-3-2-12(29(20,25)26)7-14(13)28-17(22)21-16(24)9-4-10(18)6-11(19)5-9/h2-7H,8H2,1H3,(H2,20,25,26). The number of esters is 1. The fraction of sp³-hybridized carbons (Fsp3) is 0.118. The average molecular weight is 474 g/mol. The quantitative estimate of drug-likeness (QED) is 0.583. The molecule has 0 bridgehead atoms. The summed E-state index contributed by atoms with van der Waals surface area (Å²) in [6.45, 7) is -0.229. The first-order chi connectivity index (χ1) is 13.6. The van der Waals surface area contributed by atoms with E-state index in [1.807, 2.05) is 0 Å². The highest BCUT2D eigenvalue weighted by Gasteiger charge is 2.16. The van der Waals surface area contributed by atoms with Crippen LogP contribution in [0.3, 0.4) is 0 Å². The van der Waals surface area contributed by atoms with Crippen LogP contribution in [0.5, 0.6) is 0 Å². The minimum atomic E-state index is -3.92. The normalized spacial score (nSPS) is 12.3. The molecule has 0 aliphatic heterocycles. The predicted molar refractivity (Wildman–Crippen MR) is 110 cm³/mol. The van der Waals surface area contributed by atoms with Gasteiger partial charge < -0.3 is 9.30 Å². The number of thiazole rings is 1. The highest BCUT2D eigenvalue weighted by Crippen LogP contribution is 2.22. The lowest BCUT2D eigenvalue weighted by Crippen LogP contribution is -2.22. The summed E-state index contributed by atoms with van der Waals surface area (Å²) in [4.78, 5) is 28.6. The van der Waals surface area contributed by atoms with E-state index in [1.165, 1.54) is 48.1 Å². The molecule has 1 heterocycles. The topological polar surface area (TPSA) is 121 Å². The Morgan fingerprint density at radius 3 is 2.41 bits per heavy atom. The number of amides is 1. The second kappa shape index (κ2) is 8.25. The third-order valence-electron chi connectivity index (χ3n) is 3.80. The van der Waals surface area contributed by atoms with Crippen LogP contribution in [0.2, 0.25) is 10.0 Å². The zero-order valence-electron chi connectivity index (χ0n) is 14.8. The molecule has 1 aromatic heterocycles. The average Bonchev–Trinajstić information content (AvgIpc) is 2.96. The van der Waals surface area contributed by atoms with Gasteiger partial charge in [0.25, 0.3) is 5.91 Å². The number of fused-ring (bicyclic) bond motifs is 1. The zero-order valence-corrected chi connectivity index (χ0v) is 17.9. The zero-order chi connectivity index (χ0) is 21.3. The summed E-state index contributed by atoms with van der Waals surface area (Å²) in [5.74, 6) is -1.20. The monoisotopic (exact) mass is 473 g/mol. The Hall–Kier alpha value is -2.24. The summed E-state index contributed by atoms with van der Waals surface area (Å²) < 4.78 is 29.8. The van der Waals surface area contributed by atoms with Crippen LogP contribution in [-0.4, -0.2) is 32.0 Å². The summed E-state index contributed by atoms with van der Waals surface area (Å²) in [5, 5.41) is 5.72. The smallest absolute Gasteiger partial charge is 0.325 e. The maximum atomic E-state index is 12.6. The molecule has 2 N–H and O–H groups in total. The Labute approximate surface area is 179 Å². The molecule has 0 saturated carbocycles. The van der Waals surface area contributed by atoms with Crippen LogP contribution in [0, 0.1) is 0 Å². The molecular formula is C17H13Cl2N3O5S2. The fourth-order valence-electron chi connectivity index (χ4n) is 2.49. The second-order valence-corrected chi connectivity index (χ2v) is 9.24. The Kier molecular flexibility index (Phi) is 6.11. The molecule has 29 heavy (non-hydrogen) atoms. The Morgan fingerprint density at radius 1 is 1.17 bits per heavy atom. The van der Waals surface area contributed by atoms with Crippen LogP contribution in [0.15, 0.2) is 46.3 Å². The van der Waals surface area contributed by atoms with E-state index >= 15 is 0 Å². The minimum absolute atomic E-state index is 0.101. The number of carbonyl (C=O) groups is 2. The number of nitrogens with two attached hydrogens (primary N) is 1. The van der Waals surface area contributed by atoms with Crippen molar-refractivity contribution in [2.24, 2.45) is 10.1 Å². The molecule has 12 heteroatoms. The van der Waals surface area contributed by atoms with Crippen LogP contribution < -0.4 is 9.94 Å². The molecule has 152 valence electrons. The first-order valence-electron chi connectivity index (χ1n) is 7.86. The summed E-state index contributed by atoms with van der Waals surface area (Å²) in [6.07, 6.45) is 0. The number of sulfonamides is 1. The molecule has 0 radical (unpaired) electrons. The van der Waals surface area contributed by atoms with Crippen molar-refractivity contribution in [2.45, 2.75) is 11.4 Å². The third-order valence-corrected chi connectivity index (χ3v) is 6.19. The molecule has 3 rings (SSSR count). The van der Waals surface area contributed by atoms with Gasteiger partial charge in [-0.15, -0.1) is 0 Å². The second-order valence-electron chi connectivity index (χ2n) is 5.80. The summed E-state index contributed by atoms with van der Waals surface area (Å²) in [6, 6.07) is 8.44. The Bertz CT molecular complexity index is 1290. The number of halogens is 2. The van der Waals surface area contributed by atoms with Crippen molar-refractivity contribution in [1.29, 1.82) is 0 Å². The Morgan fingerprint density at radius 2 is 1.83 bits per heavy atom. The molecular weight excluding hydrogens is 461 g/mol. The van der Waals surface area contributed by atoms with E-state index in [0.717, 1.165) is 11.3 Å². The number of hydrogen-bond acceptors (Lipinski definition) is 6. The van der Waals surface area contributed by atoms with E-state index in [4.69, 9.17) is 33.1 Å². The van der Waals surface area contributed by atoms with Gasteiger partial charge >= 0.3 is 5.97 Å². The highest BCUT2D eigenvalue weighted by molar-refractivity contribution is 7.89. The summed E-state index contributed by atoms with van der Waals surface area (Å²) >= 11 is 12.9. The molecule has 0 unspecified atom stereocenters. The molecule has 2 aromatic carbocycles. The summed E-state index contributed by atoms with van der Waals surface area (Å²) in [7, 11) is -2.69. The van der Waals surface area contributed by atoms with Gasteiger partial charge in [-0.25, -0.2) is 13.6 Å². The first kappa shape index (κ1) is 21.5. The van der Waals surface area contributed by atoms with Crippen molar-refractivity contribution in [1.82, 2.24) is 4.57 Å². The van der Waals surface area contributed by atoms with Crippen molar-refractivity contribution in [3.63, 3.8) is 0 Å². The number of primary sulfonamides is 1. The van der Waals surface area contributed by atoms with Crippen LogP contribution in [-0.2, 0) is 26.1 Å². The Balaban J connectivity index is 2.21. The number of aromatic nitrogens is 1. The van der Waals surface area contributed by atoms with Gasteiger partial charge in [0.05, 0.1) is 22.2 Å². The number of carbonyl (C=O) groups excluding carboxylic acids is 2. The lowest BCUT2D eigenvalue weighted by molar-refractivity contribution is -0.141. The molecule has 0 spiro atoms. The third kappa shape index (κ3) is 4.85. The van der Waals surface area contributed by atoms with Crippen LogP contribution in [0.1, 0.15) is 10.4 Å². The number of rotatable bonds is 4. The maximum absolute atomic E-state index is 12.6. The van der Waals surface area contributed by atoms with Crippen LogP contribution in [0.25, 0.3) is 10.2 Å². The molecule has 0 atom stereocenters. The van der Waals surface area contributed by atoms with E-state index in [9.17, 15) is 18.0 Å². The van der Waals surface area contributed by atoms with Gasteiger partial charge in [-0.05, 0) is 36.4 Å². The van der Waals surface area contributed by atoms with Crippen molar-refractivity contribution >= 4 is 66.7 Å². The molecule has 3 aromatic rings. The van der Waals surface area contributed by atoms with Gasteiger partial charge in [0.2, 0.25) is 10.0 Å². The van der Waals surface area contributed by atoms with Crippen molar-refractivity contribution in [3.8, 4) is 0 Å². The number of hydrogen-bond donors (Lipinski definition) is 1. The van der Waals surface area contributed by atoms with E-state index in [-0.39, 0.29) is 31.9 Å². The van der Waals surface area contributed by atoms with Crippen molar-refractivity contribution < 1.29 is 22.7 Å². The number of methoxy groups -OCH3 is 1. The molecule has 0 saturated heterocycles. The van der Waals surface area contributed by atoms with Gasteiger partial charge in [0, 0.05) is 15.6 Å². The van der Waals surface area contributed by atoms with Crippen LogP contribution in [0.4, 0.5) is 0 Å². The molecule has 0 fully saturated rings. The predicted octanol–water partition coefficient (Wildman–Crippen LogP) is 2.57. The molecule has 8 nitrogen and oxygen atoms in total. The van der Waals surface area contributed by atoms with Gasteiger partial charge in [0.1, 0.15) is 6.54 Å². The highest BCUT2D eigenvalue weighted by atomic mass is 35.5. The van der Waals surface area contributed by atoms with E-state index in [2.05, 4.69) is 4.99 Å². The molecule has 1 amide bonds. The molecule has 0 aliphatic carbocycles. The summed E-state index contributed by atoms with van der Waals surface area (Å²) in [5.41, 5.74) is 0.651. The van der Waals surface area contributed by atoms with E-state index in [0.29, 0.717) is 10.2 Å². The minimum Gasteiger partial charge on any atom is -0.468 e. The van der Waals surface area contributed by atoms with E-state index in [1.54, 1.807) is 0 Å². The largest absolute Gasteiger partial charge is 0.468 e. The van der Waals surface area contributed by atoms with Gasteiger partial charge in [-0.3, -0.25) is 9.59 Å².